The highest BCUT2D eigenvalue weighted by atomic mass is 15.2. The standard InChI is InChI=1S/C62H50N2/c1-61(2,3)39-31-32-50-53(37-39)57(63(40-19-9-7-10-20-40)55-35-33-48-44-25-15-13-23-42(44)46-27-17-29-51(55)58(46)48)38-54(62(4,5)6)60(50)64(41-21-11-8-12-22-41)56-36-34-49-45-26-16-14-24-43(45)47-28-18-30-52(56)59(47)49/h7-38H,1-6H3. The third kappa shape index (κ3) is 5.72. The van der Waals surface area contributed by atoms with Crippen LogP contribution in [0.3, 0.4) is 0 Å². The van der Waals surface area contributed by atoms with E-state index in [1.807, 2.05) is 0 Å². The summed E-state index contributed by atoms with van der Waals surface area (Å²) < 4.78 is 0. The molecule has 0 amide bonds. The van der Waals surface area contributed by atoms with Crippen molar-refractivity contribution in [3.8, 4) is 44.5 Å². The van der Waals surface area contributed by atoms with Crippen molar-refractivity contribution in [2.75, 3.05) is 9.80 Å². The molecule has 0 aromatic heterocycles. The molecule has 2 aliphatic carbocycles. The fourth-order valence-electron chi connectivity index (χ4n) is 10.8. The van der Waals surface area contributed by atoms with Crippen LogP contribution < -0.4 is 9.80 Å². The smallest absolute Gasteiger partial charge is 0.0579 e. The molecular formula is C62H50N2. The molecule has 12 rings (SSSR count). The van der Waals surface area contributed by atoms with Crippen LogP contribution in [0, 0.1) is 0 Å². The van der Waals surface area contributed by atoms with Crippen LogP contribution in [-0.4, -0.2) is 0 Å². The van der Waals surface area contributed by atoms with Gasteiger partial charge in [0.15, 0.2) is 0 Å². The summed E-state index contributed by atoms with van der Waals surface area (Å²) in [5.41, 5.74) is 19.6. The van der Waals surface area contributed by atoms with Gasteiger partial charge in [-0.05, 0) is 126 Å². The molecule has 0 radical (unpaired) electrons. The quantitative estimate of drug-likeness (QED) is 0.165. The van der Waals surface area contributed by atoms with E-state index in [1.54, 1.807) is 0 Å². The molecule has 10 aromatic rings. The van der Waals surface area contributed by atoms with E-state index in [0.717, 1.165) is 11.4 Å². The largest absolute Gasteiger partial charge is 0.309 e. The molecule has 0 unspecified atom stereocenters. The van der Waals surface area contributed by atoms with E-state index >= 15 is 0 Å². The first-order valence-electron chi connectivity index (χ1n) is 22.7. The fraction of sp³-hybridized carbons (Fsp3) is 0.129. The molecule has 0 bridgehead atoms. The Bertz CT molecular complexity index is 3450. The average Bonchev–Trinajstić information content (AvgIpc) is 3.82. The summed E-state index contributed by atoms with van der Waals surface area (Å²) in [5.74, 6) is 0. The Hall–Kier alpha value is -7.42. The minimum atomic E-state index is -0.259. The molecule has 0 saturated heterocycles. The maximum atomic E-state index is 2.57. The summed E-state index contributed by atoms with van der Waals surface area (Å²) >= 11 is 0. The highest BCUT2D eigenvalue weighted by molar-refractivity contribution is 6.22. The van der Waals surface area contributed by atoms with E-state index in [2.05, 4.69) is 245 Å². The number of rotatable bonds is 6. The predicted molar refractivity (Wildman–Crippen MR) is 275 cm³/mol. The Morgan fingerprint density at radius 1 is 0.297 bits per heavy atom. The average molecular weight is 823 g/mol. The van der Waals surface area contributed by atoms with Crippen LogP contribution in [-0.2, 0) is 10.8 Å². The fourth-order valence-corrected chi connectivity index (χ4v) is 10.8. The molecule has 10 aromatic carbocycles. The zero-order valence-corrected chi connectivity index (χ0v) is 37.4. The highest BCUT2D eigenvalue weighted by Crippen LogP contribution is 2.56. The third-order valence-electron chi connectivity index (χ3n) is 13.8. The summed E-state index contributed by atoms with van der Waals surface area (Å²) in [7, 11) is 0. The van der Waals surface area contributed by atoms with Crippen LogP contribution in [0.4, 0.5) is 34.1 Å². The Balaban J connectivity index is 1.20. The monoisotopic (exact) mass is 822 g/mol. The second-order valence-corrected chi connectivity index (χ2v) is 19.7. The zero-order chi connectivity index (χ0) is 43.5. The lowest BCUT2D eigenvalue weighted by atomic mass is 9.80. The second-order valence-electron chi connectivity index (χ2n) is 19.7. The lowest BCUT2D eigenvalue weighted by Crippen LogP contribution is -2.22. The van der Waals surface area contributed by atoms with Crippen molar-refractivity contribution < 1.29 is 0 Å². The highest BCUT2D eigenvalue weighted by Gasteiger charge is 2.33. The summed E-state index contributed by atoms with van der Waals surface area (Å²) in [6, 6.07) is 72.8. The van der Waals surface area contributed by atoms with Crippen molar-refractivity contribution in [3.05, 3.63) is 205 Å². The van der Waals surface area contributed by atoms with E-state index in [-0.39, 0.29) is 10.8 Å². The van der Waals surface area contributed by atoms with E-state index in [1.165, 1.54) is 111 Å². The second kappa shape index (κ2) is 14.0. The normalized spacial score (nSPS) is 12.5. The van der Waals surface area contributed by atoms with Crippen LogP contribution in [0.5, 0.6) is 0 Å². The third-order valence-corrected chi connectivity index (χ3v) is 13.8. The van der Waals surface area contributed by atoms with Crippen molar-refractivity contribution in [3.63, 3.8) is 0 Å². The van der Waals surface area contributed by atoms with Gasteiger partial charge in [-0.2, -0.15) is 0 Å². The van der Waals surface area contributed by atoms with Gasteiger partial charge in [0.1, 0.15) is 0 Å². The number of fused-ring (bicyclic) bond motifs is 7. The summed E-state index contributed by atoms with van der Waals surface area (Å²) in [5, 5.41) is 7.56. The van der Waals surface area contributed by atoms with Crippen molar-refractivity contribution in [1.29, 1.82) is 0 Å². The maximum Gasteiger partial charge on any atom is 0.0579 e. The zero-order valence-electron chi connectivity index (χ0n) is 37.4. The molecule has 0 atom stereocenters. The minimum absolute atomic E-state index is 0.0779. The SMILES string of the molecule is CC(C)(C)c1ccc2c(N(c3ccccc3)c3ccc4c5c(cccc35)-c3ccccc3-4)c(C(C)(C)C)cc(N(c3ccccc3)c3ccc4c5c(cccc35)-c3ccccc3-4)c2c1. The van der Waals surface area contributed by atoms with Gasteiger partial charge in [-0.15, -0.1) is 0 Å². The summed E-state index contributed by atoms with van der Waals surface area (Å²) in [6.07, 6.45) is 0. The van der Waals surface area contributed by atoms with Crippen LogP contribution in [0.2, 0.25) is 0 Å². The van der Waals surface area contributed by atoms with E-state index in [9.17, 15) is 0 Å². The van der Waals surface area contributed by atoms with Gasteiger partial charge in [-0.25, -0.2) is 0 Å². The molecule has 0 saturated carbocycles. The van der Waals surface area contributed by atoms with Crippen LogP contribution in [0.25, 0.3) is 76.8 Å². The Morgan fingerprint density at radius 2 is 0.734 bits per heavy atom. The number of nitrogens with zero attached hydrogens (tertiary/aromatic N) is 2. The van der Waals surface area contributed by atoms with E-state index in [4.69, 9.17) is 0 Å². The topological polar surface area (TPSA) is 6.48 Å². The van der Waals surface area contributed by atoms with Gasteiger partial charge >= 0.3 is 0 Å². The van der Waals surface area contributed by atoms with Crippen LogP contribution in [0.1, 0.15) is 52.7 Å². The van der Waals surface area contributed by atoms with Crippen molar-refractivity contribution in [1.82, 2.24) is 0 Å². The van der Waals surface area contributed by atoms with Gasteiger partial charge in [-0.3, -0.25) is 0 Å². The lowest BCUT2D eigenvalue weighted by Gasteiger charge is -2.37. The Morgan fingerprint density at radius 3 is 1.22 bits per heavy atom. The van der Waals surface area contributed by atoms with Crippen molar-refractivity contribution >= 4 is 66.4 Å². The Labute approximate surface area is 376 Å². The lowest BCUT2D eigenvalue weighted by molar-refractivity contribution is 0.589. The number of para-hydroxylation sites is 2. The van der Waals surface area contributed by atoms with Crippen LogP contribution >= 0.6 is 0 Å². The molecule has 0 N–H and O–H groups in total. The van der Waals surface area contributed by atoms with E-state index in [0.29, 0.717) is 0 Å². The number of hydrogen-bond donors (Lipinski definition) is 0. The molecule has 0 heterocycles. The molecule has 2 aliphatic rings. The first kappa shape index (κ1) is 38.3. The van der Waals surface area contributed by atoms with E-state index < -0.39 is 0 Å². The van der Waals surface area contributed by atoms with Crippen molar-refractivity contribution in [2.45, 2.75) is 52.4 Å². The van der Waals surface area contributed by atoms with Gasteiger partial charge in [0.05, 0.1) is 22.7 Å². The van der Waals surface area contributed by atoms with Gasteiger partial charge in [-0.1, -0.05) is 187 Å². The molecule has 0 aliphatic heterocycles. The summed E-state index contributed by atoms with van der Waals surface area (Å²) in [4.78, 5) is 5.11. The Kier molecular flexibility index (Phi) is 8.40. The first-order valence-corrected chi connectivity index (χ1v) is 22.7. The maximum absolute atomic E-state index is 2.57. The molecule has 2 nitrogen and oxygen atoms in total. The van der Waals surface area contributed by atoms with Gasteiger partial charge in [0, 0.05) is 32.9 Å². The molecule has 2 heteroatoms. The van der Waals surface area contributed by atoms with Crippen LogP contribution in [0.15, 0.2) is 194 Å². The number of anilines is 6. The summed E-state index contributed by atoms with van der Waals surface area (Å²) in [6.45, 7) is 14.1. The van der Waals surface area contributed by atoms with Gasteiger partial charge in [0.25, 0.3) is 0 Å². The molecule has 64 heavy (non-hydrogen) atoms. The molecule has 0 spiro atoms. The number of hydrogen-bond acceptors (Lipinski definition) is 2. The predicted octanol–water partition coefficient (Wildman–Crippen LogP) is 18.0. The molecule has 308 valence electrons. The van der Waals surface area contributed by atoms with Gasteiger partial charge in [0.2, 0.25) is 0 Å². The van der Waals surface area contributed by atoms with Gasteiger partial charge < -0.3 is 9.80 Å². The number of benzene rings is 10. The molecule has 0 fully saturated rings. The minimum Gasteiger partial charge on any atom is -0.309 e. The molecular weight excluding hydrogens is 773 g/mol. The van der Waals surface area contributed by atoms with Crippen molar-refractivity contribution in [2.24, 2.45) is 0 Å². The first-order chi connectivity index (χ1) is 31.1.